The quantitative estimate of drug-likeness (QED) is 0.670. The highest BCUT2D eigenvalue weighted by atomic mass is 16.1. The van der Waals surface area contributed by atoms with Crippen molar-refractivity contribution in [3.8, 4) is 0 Å². The van der Waals surface area contributed by atoms with Crippen LogP contribution in [0.4, 0.5) is 0 Å². The summed E-state index contributed by atoms with van der Waals surface area (Å²) in [6, 6.07) is 0. The molecule has 2 aromatic heterocycles. The fourth-order valence-electron chi connectivity index (χ4n) is 1.28. The second kappa shape index (κ2) is 3.64. The van der Waals surface area contributed by atoms with Crippen molar-refractivity contribution in [3.05, 3.63) is 29.9 Å². The minimum Gasteiger partial charge on any atom is -0.329 e. The monoisotopic (exact) mass is 205 g/mol. The van der Waals surface area contributed by atoms with Gasteiger partial charge in [0.25, 0.3) is 0 Å². The summed E-state index contributed by atoms with van der Waals surface area (Å²) in [6.45, 7) is 2.46. The second-order valence-corrected chi connectivity index (χ2v) is 3.31. The highest BCUT2D eigenvalue weighted by Gasteiger charge is 2.05. The number of rotatable bonds is 3. The number of carbonyl (C=O) groups excluding carboxylic acids is 1. The summed E-state index contributed by atoms with van der Waals surface area (Å²) in [7, 11) is 1.90. The van der Waals surface area contributed by atoms with Gasteiger partial charge in [0.2, 0.25) is 0 Å². The van der Waals surface area contributed by atoms with Gasteiger partial charge >= 0.3 is 0 Å². The highest BCUT2D eigenvalue weighted by molar-refractivity contribution is 5.70. The molecule has 78 valence electrons. The van der Waals surface area contributed by atoms with E-state index in [4.69, 9.17) is 0 Å². The lowest BCUT2D eigenvalue weighted by Gasteiger charge is -2.01. The summed E-state index contributed by atoms with van der Waals surface area (Å²) >= 11 is 0. The summed E-state index contributed by atoms with van der Waals surface area (Å²) in [5.74, 6) is 1.70. The Morgan fingerprint density at radius 1 is 1.47 bits per heavy atom. The van der Waals surface area contributed by atoms with Crippen LogP contribution in [-0.2, 0) is 13.6 Å². The molecular weight excluding hydrogens is 194 g/mol. The van der Waals surface area contributed by atoms with E-state index in [1.807, 2.05) is 18.5 Å². The Morgan fingerprint density at radius 2 is 2.27 bits per heavy atom. The summed E-state index contributed by atoms with van der Waals surface area (Å²) in [5, 5.41) is 7.97. The van der Waals surface area contributed by atoms with Crippen molar-refractivity contribution < 1.29 is 4.79 Å². The lowest BCUT2D eigenvalue weighted by Crippen LogP contribution is -2.05. The molecular formula is C9H11N5O. The van der Waals surface area contributed by atoms with Crippen LogP contribution in [0.1, 0.15) is 22.1 Å². The van der Waals surface area contributed by atoms with E-state index in [9.17, 15) is 4.79 Å². The predicted octanol–water partition coefficient (Wildman–Crippen LogP) is 0.181. The molecule has 0 N–H and O–H groups in total. The van der Waals surface area contributed by atoms with Gasteiger partial charge in [-0.3, -0.25) is 4.79 Å². The van der Waals surface area contributed by atoms with Gasteiger partial charge in [0.05, 0.1) is 12.9 Å². The molecule has 2 heterocycles. The Kier molecular flexibility index (Phi) is 2.32. The van der Waals surface area contributed by atoms with Crippen molar-refractivity contribution in [2.24, 2.45) is 7.05 Å². The maximum atomic E-state index is 10.4. The maximum absolute atomic E-state index is 10.4. The van der Waals surface area contributed by atoms with Crippen LogP contribution in [-0.4, -0.2) is 30.6 Å². The third-order valence-electron chi connectivity index (χ3n) is 2.28. The molecule has 0 saturated carbocycles. The summed E-state index contributed by atoms with van der Waals surface area (Å²) in [4.78, 5) is 14.3. The van der Waals surface area contributed by atoms with Crippen molar-refractivity contribution in [1.29, 1.82) is 0 Å². The van der Waals surface area contributed by atoms with Crippen LogP contribution < -0.4 is 0 Å². The van der Waals surface area contributed by atoms with Gasteiger partial charge in [-0.05, 0) is 6.92 Å². The molecule has 15 heavy (non-hydrogen) atoms. The minimum atomic E-state index is 0.425. The van der Waals surface area contributed by atoms with Gasteiger partial charge in [0.1, 0.15) is 11.5 Å². The largest absolute Gasteiger partial charge is 0.329 e. The van der Waals surface area contributed by atoms with Crippen LogP contribution in [0.15, 0.2) is 12.5 Å². The number of imidazole rings is 1. The Morgan fingerprint density at radius 3 is 2.80 bits per heavy atom. The third kappa shape index (κ3) is 1.78. The van der Waals surface area contributed by atoms with Gasteiger partial charge < -0.3 is 9.13 Å². The molecule has 0 atom stereocenters. The first-order valence-electron chi connectivity index (χ1n) is 4.52. The van der Waals surface area contributed by atoms with Gasteiger partial charge in [0.15, 0.2) is 12.1 Å². The number of carbonyl (C=O) groups is 1. The highest BCUT2D eigenvalue weighted by Crippen LogP contribution is 2.01. The van der Waals surface area contributed by atoms with Crippen LogP contribution in [0.5, 0.6) is 0 Å². The van der Waals surface area contributed by atoms with E-state index in [-0.39, 0.29) is 0 Å². The summed E-state index contributed by atoms with van der Waals surface area (Å²) < 4.78 is 3.70. The van der Waals surface area contributed by atoms with Crippen LogP contribution in [0.3, 0.4) is 0 Å². The smallest absolute Gasteiger partial charge is 0.169 e. The van der Waals surface area contributed by atoms with E-state index in [1.54, 1.807) is 17.1 Å². The van der Waals surface area contributed by atoms with Crippen molar-refractivity contribution in [1.82, 2.24) is 24.3 Å². The van der Waals surface area contributed by atoms with Gasteiger partial charge in [-0.2, -0.15) is 0 Å². The van der Waals surface area contributed by atoms with Gasteiger partial charge in [-0.15, -0.1) is 10.2 Å². The number of aromatic nitrogens is 5. The van der Waals surface area contributed by atoms with E-state index in [1.165, 1.54) is 0 Å². The van der Waals surface area contributed by atoms with Crippen LogP contribution >= 0.6 is 0 Å². The molecule has 0 spiro atoms. The van der Waals surface area contributed by atoms with Gasteiger partial charge in [-0.25, -0.2) is 4.98 Å². The van der Waals surface area contributed by atoms with Crippen molar-refractivity contribution in [2.45, 2.75) is 13.5 Å². The molecule has 0 aliphatic heterocycles. The molecule has 0 bridgehead atoms. The zero-order valence-corrected chi connectivity index (χ0v) is 8.58. The number of aryl methyl sites for hydroxylation is 1. The average molecular weight is 205 g/mol. The molecule has 2 rings (SSSR count). The van der Waals surface area contributed by atoms with E-state index in [2.05, 4.69) is 15.2 Å². The number of hydrogen-bond donors (Lipinski definition) is 0. The molecule has 6 nitrogen and oxygen atoms in total. The molecule has 6 heteroatoms. The zero-order chi connectivity index (χ0) is 10.8. The standard InChI is InChI=1S/C9H11N5O/c1-7-11-12-9(13(7)2)4-14-3-8(5-15)10-6-14/h3,5-6H,4H2,1-2H3. The van der Waals surface area contributed by atoms with Gasteiger partial charge in [-0.1, -0.05) is 0 Å². The molecule has 0 fully saturated rings. The van der Waals surface area contributed by atoms with E-state index in [0.29, 0.717) is 12.2 Å². The minimum absolute atomic E-state index is 0.425. The van der Waals surface area contributed by atoms with Crippen LogP contribution in [0, 0.1) is 6.92 Å². The lowest BCUT2D eigenvalue weighted by molar-refractivity contribution is 0.111. The molecule has 2 aromatic rings. The first-order chi connectivity index (χ1) is 7.20. The normalized spacial score (nSPS) is 10.5. The molecule has 0 unspecified atom stereocenters. The summed E-state index contributed by atoms with van der Waals surface area (Å²) in [6.07, 6.45) is 4.00. The number of aldehydes is 1. The van der Waals surface area contributed by atoms with Crippen molar-refractivity contribution in [2.75, 3.05) is 0 Å². The number of nitrogens with zero attached hydrogens (tertiary/aromatic N) is 5. The Bertz CT molecular complexity index is 484. The molecule has 0 saturated heterocycles. The molecule has 0 aromatic carbocycles. The molecule has 0 aliphatic carbocycles. The summed E-state index contributed by atoms with van der Waals surface area (Å²) in [5.41, 5.74) is 0.425. The van der Waals surface area contributed by atoms with E-state index >= 15 is 0 Å². The number of hydrogen-bond acceptors (Lipinski definition) is 4. The average Bonchev–Trinajstić information content (AvgIpc) is 2.80. The Labute approximate surface area is 86.6 Å². The fourth-order valence-corrected chi connectivity index (χ4v) is 1.28. The molecule has 0 radical (unpaired) electrons. The fraction of sp³-hybridized carbons (Fsp3) is 0.333. The third-order valence-corrected chi connectivity index (χ3v) is 2.28. The van der Waals surface area contributed by atoms with E-state index < -0.39 is 0 Å². The predicted molar refractivity (Wildman–Crippen MR) is 52.5 cm³/mol. The van der Waals surface area contributed by atoms with Crippen LogP contribution in [0.2, 0.25) is 0 Å². The lowest BCUT2D eigenvalue weighted by atomic mass is 10.5. The topological polar surface area (TPSA) is 65.6 Å². The van der Waals surface area contributed by atoms with Crippen LogP contribution in [0.25, 0.3) is 0 Å². The van der Waals surface area contributed by atoms with Crippen molar-refractivity contribution >= 4 is 6.29 Å². The second-order valence-electron chi connectivity index (χ2n) is 3.31. The molecule has 0 aliphatic rings. The first kappa shape index (κ1) is 9.57. The van der Waals surface area contributed by atoms with E-state index in [0.717, 1.165) is 17.9 Å². The first-order valence-corrected chi connectivity index (χ1v) is 4.52. The SMILES string of the molecule is Cc1nnc(Cn2cnc(C=O)c2)n1C. The zero-order valence-electron chi connectivity index (χ0n) is 8.58. The van der Waals surface area contributed by atoms with Crippen molar-refractivity contribution in [3.63, 3.8) is 0 Å². The molecule has 0 amide bonds. The Hall–Kier alpha value is -1.98. The maximum Gasteiger partial charge on any atom is 0.169 e. The Balaban J connectivity index is 2.21. The van der Waals surface area contributed by atoms with Gasteiger partial charge in [0, 0.05) is 13.2 Å².